The van der Waals surface area contributed by atoms with E-state index in [9.17, 15) is 4.79 Å². The second-order valence-electron chi connectivity index (χ2n) is 9.05. The SMILES string of the molecule is Cc1ccc2sc(N(CCN(C)C)C(=O)c3cc(-c4ccccc4)nc4ccccc34)nc2c1C. The highest BCUT2D eigenvalue weighted by Crippen LogP contribution is 2.34. The monoisotopic (exact) mass is 480 g/mol. The number of hydrogen-bond donors (Lipinski definition) is 0. The van der Waals surface area contributed by atoms with E-state index in [2.05, 4.69) is 30.9 Å². The molecule has 0 N–H and O–H groups in total. The predicted octanol–water partition coefficient (Wildman–Crippen LogP) is 6.34. The second kappa shape index (κ2) is 9.56. The van der Waals surface area contributed by atoms with Crippen LogP contribution in [0.15, 0.2) is 72.8 Å². The molecule has 6 heteroatoms. The fourth-order valence-electron chi connectivity index (χ4n) is 4.17. The predicted molar refractivity (Wildman–Crippen MR) is 147 cm³/mol. The second-order valence-corrected chi connectivity index (χ2v) is 10.1. The number of fused-ring (bicyclic) bond motifs is 2. The summed E-state index contributed by atoms with van der Waals surface area (Å²) in [7, 11) is 4.04. The zero-order chi connectivity index (χ0) is 24.5. The topological polar surface area (TPSA) is 49.3 Å². The van der Waals surface area contributed by atoms with Gasteiger partial charge in [0.1, 0.15) is 0 Å². The first-order chi connectivity index (χ1) is 16.9. The number of nitrogens with zero attached hydrogens (tertiary/aromatic N) is 4. The third kappa shape index (κ3) is 4.55. The molecule has 0 unspecified atom stereocenters. The summed E-state index contributed by atoms with van der Waals surface area (Å²) in [5.74, 6) is -0.0592. The maximum Gasteiger partial charge on any atom is 0.260 e. The molecule has 0 aliphatic carbocycles. The first-order valence-electron chi connectivity index (χ1n) is 11.7. The lowest BCUT2D eigenvalue weighted by molar-refractivity contribution is 0.0986. The number of hydrogen-bond acceptors (Lipinski definition) is 5. The molecule has 176 valence electrons. The standard InChI is InChI=1S/C29H28N4OS/c1-19-14-15-26-27(20(19)2)31-29(35-26)33(17-16-32(3)4)28(34)23-18-25(21-10-6-5-7-11-21)30-24-13-9-8-12-22(23)24/h5-15,18H,16-17H2,1-4H3. The molecule has 2 heterocycles. The number of benzene rings is 3. The van der Waals surface area contributed by atoms with Gasteiger partial charge in [-0.2, -0.15) is 0 Å². The quantitative estimate of drug-likeness (QED) is 0.285. The molecule has 0 fully saturated rings. The Morgan fingerprint density at radius 2 is 1.63 bits per heavy atom. The minimum Gasteiger partial charge on any atom is -0.308 e. The minimum atomic E-state index is -0.0592. The van der Waals surface area contributed by atoms with Gasteiger partial charge < -0.3 is 4.90 Å². The van der Waals surface area contributed by atoms with Crippen molar-refractivity contribution in [3.8, 4) is 11.3 Å². The van der Waals surface area contributed by atoms with E-state index in [-0.39, 0.29) is 5.91 Å². The molecule has 5 rings (SSSR count). The van der Waals surface area contributed by atoms with Gasteiger partial charge in [0.15, 0.2) is 5.13 Å². The van der Waals surface area contributed by atoms with Gasteiger partial charge >= 0.3 is 0 Å². The zero-order valence-corrected chi connectivity index (χ0v) is 21.3. The number of anilines is 1. The van der Waals surface area contributed by atoms with Gasteiger partial charge in [0, 0.05) is 24.0 Å². The number of carbonyl (C=O) groups excluding carboxylic acids is 1. The largest absolute Gasteiger partial charge is 0.308 e. The van der Waals surface area contributed by atoms with E-state index in [0.717, 1.165) is 49.6 Å². The van der Waals surface area contributed by atoms with Crippen molar-refractivity contribution in [1.29, 1.82) is 0 Å². The van der Waals surface area contributed by atoms with E-state index in [1.165, 1.54) is 5.56 Å². The number of amides is 1. The van der Waals surface area contributed by atoms with Crippen LogP contribution in [0.5, 0.6) is 0 Å². The van der Waals surface area contributed by atoms with Crippen molar-refractivity contribution in [2.45, 2.75) is 13.8 Å². The Morgan fingerprint density at radius 3 is 2.40 bits per heavy atom. The van der Waals surface area contributed by atoms with Gasteiger partial charge in [-0.15, -0.1) is 0 Å². The molecule has 5 nitrogen and oxygen atoms in total. The molecule has 2 aromatic heterocycles. The highest BCUT2D eigenvalue weighted by atomic mass is 32.1. The highest BCUT2D eigenvalue weighted by molar-refractivity contribution is 7.22. The first kappa shape index (κ1) is 23.1. The number of thiazole rings is 1. The summed E-state index contributed by atoms with van der Waals surface area (Å²) in [5.41, 5.74) is 6.55. The van der Waals surface area contributed by atoms with E-state index in [0.29, 0.717) is 12.1 Å². The van der Waals surface area contributed by atoms with E-state index >= 15 is 0 Å². The van der Waals surface area contributed by atoms with Gasteiger partial charge in [0.05, 0.1) is 27.0 Å². The van der Waals surface area contributed by atoms with Crippen molar-refractivity contribution >= 4 is 43.5 Å². The van der Waals surface area contributed by atoms with Crippen molar-refractivity contribution in [1.82, 2.24) is 14.9 Å². The van der Waals surface area contributed by atoms with Gasteiger partial charge in [-0.25, -0.2) is 9.97 Å². The van der Waals surface area contributed by atoms with Crippen LogP contribution in [0.2, 0.25) is 0 Å². The van der Waals surface area contributed by atoms with Gasteiger partial charge in [0.25, 0.3) is 5.91 Å². The van der Waals surface area contributed by atoms with E-state index < -0.39 is 0 Å². The number of aromatic nitrogens is 2. The van der Waals surface area contributed by atoms with Crippen LogP contribution in [0.25, 0.3) is 32.4 Å². The summed E-state index contributed by atoms with van der Waals surface area (Å²) in [6, 6.07) is 24.0. The Kier molecular flexibility index (Phi) is 6.32. The highest BCUT2D eigenvalue weighted by Gasteiger charge is 2.24. The molecular formula is C29H28N4OS. The molecule has 0 spiro atoms. The third-order valence-electron chi connectivity index (χ3n) is 6.34. The maximum absolute atomic E-state index is 14.2. The number of para-hydroxylation sites is 1. The minimum absolute atomic E-state index is 0.0592. The van der Waals surface area contributed by atoms with Gasteiger partial charge in [-0.1, -0.05) is 65.9 Å². The molecule has 0 saturated heterocycles. The van der Waals surface area contributed by atoms with Crippen LogP contribution < -0.4 is 4.90 Å². The van der Waals surface area contributed by atoms with Crippen LogP contribution in [0.1, 0.15) is 21.5 Å². The van der Waals surface area contributed by atoms with Crippen LogP contribution in [0.4, 0.5) is 5.13 Å². The van der Waals surface area contributed by atoms with Gasteiger partial charge in [-0.3, -0.25) is 9.69 Å². The first-order valence-corrected chi connectivity index (χ1v) is 12.5. The Morgan fingerprint density at radius 1 is 0.886 bits per heavy atom. The average molecular weight is 481 g/mol. The number of carbonyl (C=O) groups is 1. The van der Waals surface area contributed by atoms with Gasteiger partial charge in [-0.05, 0) is 57.3 Å². The summed E-state index contributed by atoms with van der Waals surface area (Å²) in [6.07, 6.45) is 0. The lowest BCUT2D eigenvalue weighted by atomic mass is 10.0. The fourth-order valence-corrected chi connectivity index (χ4v) is 5.22. The Labute approximate surface area is 209 Å². The Balaban J connectivity index is 1.66. The molecule has 0 radical (unpaired) electrons. The molecule has 35 heavy (non-hydrogen) atoms. The van der Waals surface area contributed by atoms with Crippen LogP contribution in [-0.4, -0.2) is 48.0 Å². The van der Waals surface area contributed by atoms with Crippen LogP contribution in [0, 0.1) is 13.8 Å². The summed E-state index contributed by atoms with van der Waals surface area (Å²) in [6.45, 7) is 5.46. The van der Waals surface area contributed by atoms with Gasteiger partial charge in [0.2, 0.25) is 0 Å². The van der Waals surface area contributed by atoms with Crippen molar-refractivity contribution in [3.63, 3.8) is 0 Å². The van der Waals surface area contributed by atoms with Crippen molar-refractivity contribution in [2.75, 3.05) is 32.1 Å². The van der Waals surface area contributed by atoms with Crippen molar-refractivity contribution < 1.29 is 4.79 Å². The van der Waals surface area contributed by atoms with E-state index in [1.54, 1.807) is 11.3 Å². The lowest BCUT2D eigenvalue weighted by Gasteiger charge is -2.23. The van der Waals surface area contributed by atoms with E-state index in [1.807, 2.05) is 79.7 Å². The molecule has 0 saturated carbocycles. The smallest absolute Gasteiger partial charge is 0.260 e. The summed E-state index contributed by atoms with van der Waals surface area (Å²) >= 11 is 1.57. The molecule has 5 aromatic rings. The molecule has 1 amide bonds. The average Bonchev–Trinajstić information content (AvgIpc) is 3.30. The number of pyridine rings is 1. The Hall–Kier alpha value is -3.61. The maximum atomic E-state index is 14.2. The molecule has 0 aliphatic rings. The van der Waals surface area contributed by atoms with E-state index in [4.69, 9.17) is 9.97 Å². The molecule has 0 aliphatic heterocycles. The zero-order valence-electron chi connectivity index (χ0n) is 20.4. The molecule has 0 atom stereocenters. The summed E-state index contributed by atoms with van der Waals surface area (Å²) in [5, 5.41) is 1.57. The Bertz CT molecular complexity index is 1520. The number of likely N-dealkylation sites (N-methyl/N-ethyl adjacent to an activating group) is 1. The van der Waals surface area contributed by atoms with Crippen LogP contribution in [0.3, 0.4) is 0 Å². The number of rotatable bonds is 6. The van der Waals surface area contributed by atoms with Crippen molar-refractivity contribution in [3.05, 3.63) is 89.5 Å². The third-order valence-corrected chi connectivity index (χ3v) is 7.38. The number of aryl methyl sites for hydroxylation is 2. The molecular weight excluding hydrogens is 452 g/mol. The van der Waals surface area contributed by atoms with Crippen molar-refractivity contribution in [2.24, 2.45) is 0 Å². The normalized spacial score (nSPS) is 11.5. The van der Waals surface area contributed by atoms with Crippen LogP contribution in [-0.2, 0) is 0 Å². The molecule has 3 aromatic carbocycles. The molecule has 0 bridgehead atoms. The lowest BCUT2D eigenvalue weighted by Crippen LogP contribution is -2.37. The van der Waals surface area contributed by atoms with Crippen LogP contribution >= 0.6 is 11.3 Å². The summed E-state index contributed by atoms with van der Waals surface area (Å²) < 4.78 is 1.09. The summed E-state index contributed by atoms with van der Waals surface area (Å²) in [4.78, 5) is 28.0. The fraction of sp³-hybridized carbons (Fsp3) is 0.207.